The Morgan fingerprint density at radius 3 is 1.59 bits per heavy atom. The van der Waals surface area contributed by atoms with Gasteiger partial charge in [-0.05, 0) is 60.8 Å². The maximum Gasteiger partial charge on any atom is 3.00 e. The fourth-order valence-corrected chi connectivity index (χ4v) is 3.44. The van der Waals surface area contributed by atoms with Crippen molar-refractivity contribution in [3.63, 3.8) is 0 Å². The van der Waals surface area contributed by atoms with Crippen LogP contribution >= 0.6 is 0 Å². The van der Waals surface area contributed by atoms with Crippen molar-refractivity contribution < 1.29 is 34.8 Å². The second-order valence-electron chi connectivity index (χ2n) is 11.8. The average molecular weight is 740 g/mol. The molecule has 0 saturated heterocycles. The number of nitrogens with zero attached hydrogens (tertiary/aromatic N) is 1. The summed E-state index contributed by atoms with van der Waals surface area (Å²) < 4.78 is 0. The van der Waals surface area contributed by atoms with Crippen LogP contribution < -0.4 is 15.3 Å². The molecular formula is C30H44BiNO7. The van der Waals surface area contributed by atoms with Gasteiger partial charge in [0.1, 0.15) is 5.69 Å². The van der Waals surface area contributed by atoms with Crippen molar-refractivity contribution in [2.24, 2.45) is 10.8 Å². The summed E-state index contributed by atoms with van der Waals surface area (Å²) in [5, 5.41) is 40.7. The first-order valence-corrected chi connectivity index (χ1v) is 13.2. The number of benzene rings is 1. The van der Waals surface area contributed by atoms with Crippen molar-refractivity contribution in [1.29, 1.82) is 0 Å². The molecule has 0 aliphatic carbocycles. The van der Waals surface area contributed by atoms with E-state index in [1.807, 2.05) is 0 Å². The summed E-state index contributed by atoms with van der Waals surface area (Å²) in [4.78, 5) is 34.5. The van der Waals surface area contributed by atoms with E-state index in [0.29, 0.717) is 16.2 Å². The third-order valence-corrected chi connectivity index (χ3v) is 5.52. The van der Waals surface area contributed by atoms with E-state index < -0.39 is 17.9 Å². The van der Waals surface area contributed by atoms with E-state index >= 15 is 0 Å². The maximum atomic E-state index is 11.3. The number of fused-ring (bicyclic) bond motifs is 1. The third kappa shape index (κ3) is 22.3. The second kappa shape index (κ2) is 19.7. The molecule has 1 aromatic carbocycles. The van der Waals surface area contributed by atoms with Crippen LogP contribution in [0.15, 0.2) is 30.3 Å². The van der Waals surface area contributed by atoms with Gasteiger partial charge in [0.15, 0.2) is 0 Å². The number of aromatic carboxylic acids is 1. The minimum atomic E-state index is -1.13. The van der Waals surface area contributed by atoms with Crippen LogP contribution in [0.3, 0.4) is 0 Å². The molecular weight excluding hydrogens is 695 g/mol. The van der Waals surface area contributed by atoms with Gasteiger partial charge in [0.05, 0.1) is 5.52 Å². The minimum absolute atomic E-state index is 0. The van der Waals surface area contributed by atoms with E-state index in [4.69, 9.17) is 5.11 Å². The number of hydrogen-bond donors (Lipinski definition) is 1. The molecule has 39 heavy (non-hydrogen) atoms. The zero-order valence-corrected chi connectivity index (χ0v) is 27.7. The molecule has 1 N–H and O–H groups in total. The molecule has 8 nitrogen and oxygen atoms in total. The molecule has 0 fully saturated rings. The Balaban J connectivity index is 0. The van der Waals surface area contributed by atoms with Gasteiger partial charge in [-0.15, -0.1) is 0 Å². The molecule has 9 heteroatoms. The largest absolute Gasteiger partial charge is 3.00 e. The van der Waals surface area contributed by atoms with Crippen molar-refractivity contribution >= 4 is 55.0 Å². The predicted molar refractivity (Wildman–Crippen MR) is 149 cm³/mol. The van der Waals surface area contributed by atoms with Crippen LogP contribution in [0, 0.1) is 10.8 Å². The first-order chi connectivity index (χ1) is 17.5. The number of carbonyl (C=O) groups excluding carboxylic acids is 2. The molecule has 2 rings (SSSR count). The topological polar surface area (TPSA) is 154 Å². The molecule has 0 aliphatic rings. The molecule has 1 aromatic heterocycles. The monoisotopic (exact) mass is 739 g/mol. The van der Waals surface area contributed by atoms with Crippen molar-refractivity contribution in [1.82, 2.24) is 4.98 Å². The van der Waals surface area contributed by atoms with Crippen LogP contribution in [0.5, 0.6) is 5.75 Å². The van der Waals surface area contributed by atoms with Gasteiger partial charge >= 0.3 is 32.2 Å². The molecule has 2 radical (unpaired) electrons. The predicted octanol–water partition coefficient (Wildman–Crippen LogP) is 4.09. The number of hydrogen-bond acceptors (Lipinski definition) is 7. The number of carbonyl (C=O) groups is 3. The smallest absolute Gasteiger partial charge is 0.871 e. The Labute approximate surface area is 252 Å². The Kier molecular flexibility index (Phi) is 19.7. The normalized spacial score (nSPS) is 10.8. The van der Waals surface area contributed by atoms with Gasteiger partial charge in [-0.1, -0.05) is 97.2 Å². The van der Waals surface area contributed by atoms with Crippen molar-refractivity contribution in [3.05, 3.63) is 36.0 Å². The van der Waals surface area contributed by atoms with Gasteiger partial charge in [0.2, 0.25) is 0 Å². The van der Waals surface area contributed by atoms with Gasteiger partial charge in [-0.3, -0.25) is 0 Å². The van der Waals surface area contributed by atoms with Crippen molar-refractivity contribution in [2.45, 2.75) is 106 Å². The molecule has 0 spiro atoms. The molecule has 0 amide bonds. The number of aromatic nitrogens is 1. The molecule has 216 valence electrons. The molecule has 0 unspecified atom stereocenters. The molecule has 0 aliphatic heterocycles. The first kappa shape index (κ1) is 38.9. The molecule has 0 bridgehead atoms. The molecule has 0 atom stereocenters. The van der Waals surface area contributed by atoms with Crippen LogP contribution in [0.25, 0.3) is 10.9 Å². The Morgan fingerprint density at radius 2 is 1.21 bits per heavy atom. The van der Waals surface area contributed by atoms with E-state index in [-0.39, 0.29) is 56.0 Å². The number of carboxylic acid groups (broad SMARTS) is 3. The Bertz CT molecular complexity index is 977. The van der Waals surface area contributed by atoms with Crippen LogP contribution in [-0.2, 0) is 9.59 Å². The number of pyridine rings is 1. The van der Waals surface area contributed by atoms with Gasteiger partial charge < -0.3 is 30.0 Å². The summed E-state index contributed by atoms with van der Waals surface area (Å²) in [5.41, 5.74) is 0.844. The third-order valence-electron chi connectivity index (χ3n) is 5.52. The summed E-state index contributed by atoms with van der Waals surface area (Å²) in [5.74, 6) is -3.24. The standard InChI is InChI=1S/C10H7NO3.2C10H20O2.Bi/c12-8-3-1-2-6-4-5-7(10(13)14)11-9(6)8;2*1-10(2,3)8-6-4-5-7-9(11)12;/h1-5,12H,(H,13,14);2*4-8H2,1-3H3,(H,11,12);/q;;;+3/p-3. The Hall–Kier alpha value is -2.28. The first-order valence-electron chi connectivity index (χ1n) is 13.2. The van der Waals surface area contributed by atoms with Gasteiger partial charge in [-0.25, -0.2) is 9.78 Å². The minimum Gasteiger partial charge on any atom is -0.871 e. The number of para-hydroxylation sites is 1. The summed E-state index contributed by atoms with van der Waals surface area (Å²) in [6.45, 7) is 13.2. The summed E-state index contributed by atoms with van der Waals surface area (Å²) in [7, 11) is 0. The van der Waals surface area contributed by atoms with E-state index in [1.54, 1.807) is 18.2 Å². The van der Waals surface area contributed by atoms with Gasteiger partial charge in [0.25, 0.3) is 0 Å². The van der Waals surface area contributed by atoms with E-state index in [9.17, 15) is 29.7 Å². The van der Waals surface area contributed by atoms with Gasteiger partial charge in [-0.2, -0.15) is 0 Å². The number of carboxylic acids is 3. The SMILES string of the molecule is CC(C)(C)CCCCCC(=O)[O-].CC(C)(C)CCCCCC(=O)[O-].O=C(O)c1ccc2cccc([O-])c2n1.[Bi+3]. The fraction of sp³-hybridized carbons (Fsp3) is 0.600. The van der Waals surface area contributed by atoms with Crippen LogP contribution in [0.2, 0.25) is 0 Å². The molecule has 1 heterocycles. The van der Waals surface area contributed by atoms with Crippen LogP contribution in [0.1, 0.15) is 116 Å². The summed E-state index contributed by atoms with van der Waals surface area (Å²) in [6, 6.07) is 7.65. The number of unbranched alkanes of at least 4 members (excludes halogenated alkanes) is 4. The number of aliphatic carboxylic acids is 2. The number of rotatable bonds is 11. The summed E-state index contributed by atoms with van der Waals surface area (Å²) >= 11 is 0. The van der Waals surface area contributed by atoms with Crippen LogP contribution in [0.4, 0.5) is 0 Å². The molecule has 0 saturated carbocycles. The molecule has 2 aromatic rings. The zero-order valence-electron chi connectivity index (χ0n) is 24.2. The second-order valence-corrected chi connectivity index (χ2v) is 11.8. The zero-order chi connectivity index (χ0) is 29.4. The maximum absolute atomic E-state index is 11.3. The Morgan fingerprint density at radius 1 is 0.744 bits per heavy atom. The van der Waals surface area contributed by atoms with E-state index in [0.717, 1.165) is 38.5 Å². The van der Waals surface area contributed by atoms with E-state index in [1.165, 1.54) is 25.0 Å². The fourth-order valence-electron chi connectivity index (χ4n) is 3.44. The van der Waals surface area contributed by atoms with Crippen molar-refractivity contribution in [3.8, 4) is 5.75 Å². The quantitative estimate of drug-likeness (QED) is 0.267. The summed E-state index contributed by atoms with van der Waals surface area (Å²) in [6.07, 6.45) is 8.54. The average Bonchev–Trinajstić information content (AvgIpc) is 2.77. The van der Waals surface area contributed by atoms with Crippen LogP contribution in [-0.4, -0.2) is 54.2 Å². The van der Waals surface area contributed by atoms with Gasteiger partial charge in [0, 0.05) is 11.9 Å². The van der Waals surface area contributed by atoms with Crippen molar-refractivity contribution in [2.75, 3.05) is 0 Å². The van der Waals surface area contributed by atoms with E-state index in [2.05, 4.69) is 46.5 Å².